The molecule has 0 aromatic carbocycles. The monoisotopic (exact) mass is 1060 g/mol. The van der Waals surface area contributed by atoms with Gasteiger partial charge in [0, 0.05) is 0 Å². The number of quaternary nitrogens is 1. The van der Waals surface area contributed by atoms with Gasteiger partial charge in [-0.05, 0) is 53.5 Å². The smallest absolute Gasteiger partial charge is 0.425 e. The number of nitrogens with zero attached hydrogens (tertiary/aromatic N) is 1. The second-order valence-electron chi connectivity index (χ2n) is 15.9. The molecule has 0 saturated heterocycles. The van der Waals surface area contributed by atoms with E-state index in [1.807, 2.05) is 0 Å². The minimum absolute atomic E-state index is 0.157. The van der Waals surface area contributed by atoms with Gasteiger partial charge >= 0.3 is 41.0 Å². The zero-order valence-electron chi connectivity index (χ0n) is 38.9. The van der Waals surface area contributed by atoms with E-state index in [9.17, 15) is 96.0 Å². The van der Waals surface area contributed by atoms with Crippen LogP contribution in [0.1, 0.15) is 163 Å². The lowest BCUT2D eigenvalue weighted by Crippen LogP contribution is -2.73. The topological polar surface area (TPSA) is 138 Å². The predicted molar refractivity (Wildman–Crippen MR) is 222 cm³/mol. The molecule has 0 bridgehead atoms. The van der Waals surface area contributed by atoms with Gasteiger partial charge in [0.25, 0.3) is 16.3 Å². The van der Waals surface area contributed by atoms with Crippen LogP contribution in [0, 0.1) is 0 Å². The van der Waals surface area contributed by atoms with Crippen molar-refractivity contribution in [2.24, 2.45) is 5.73 Å². The number of halogens is 17. The Morgan fingerprint density at radius 3 is 1.04 bits per heavy atom. The lowest BCUT2D eigenvalue weighted by atomic mass is 9.92. The molecule has 0 aromatic rings. The molecular formula is C40H73F17N2O6S2. The first-order valence-electron chi connectivity index (χ1n) is 22.4. The molecule has 0 rings (SSSR count). The maximum atomic E-state index is 13.0. The molecule has 1 atom stereocenters. The van der Waals surface area contributed by atoms with E-state index >= 15 is 0 Å². The van der Waals surface area contributed by atoms with Gasteiger partial charge in [-0.3, -0.25) is 8.94 Å². The first kappa shape index (κ1) is 72.1. The number of rotatable bonds is 33. The van der Waals surface area contributed by atoms with Crippen molar-refractivity contribution in [1.29, 1.82) is 0 Å². The average molecular weight is 1070 g/mol. The summed E-state index contributed by atoms with van der Waals surface area (Å²) in [4.78, 5) is 0. The molecule has 0 spiro atoms. The van der Waals surface area contributed by atoms with Crippen molar-refractivity contribution in [3.8, 4) is 0 Å². The summed E-state index contributed by atoms with van der Waals surface area (Å²) in [5.74, 6) is -42.2. The maximum absolute atomic E-state index is 13.0. The number of hydrogen-bond acceptors (Lipinski definition) is 6. The molecule has 3 N–H and O–H groups in total. The van der Waals surface area contributed by atoms with Crippen molar-refractivity contribution in [2.45, 2.75) is 210 Å². The van der Waals surface area contributed by atoms with Crippen molar-refractivity contribution >= 4 is 20.2 Å². The summed E-state index contributed by atoms with van der Waals surface area (Å²) >= 11 is 0. The molecule has 0 aromatic heterocycles. The van der Waals surface area contributed by atoms with E-state index in [2.05, 4.69) is 34.6 Å². The Morgan fingerprint density at radius 2 is 0.791 bits per heavy atom. The van der Waals surface area contributed by atoms with E-state index in [0.29, 0.717) is 12.8 Å². The summed E-state index contributed by atoms with van der Waals surface area (Å²) in [6.07, 6.45) is 10.9. The normalized spacial score (nSPS) is 14.0. The standard InChI is InChI=1S/C16H35N.C8H2F16O3S.C8H17FO3S.C8H20N/c1-2-3-4-5-6-7-8-9-10-11-12-13-14-15-16-17;9-1(3(12,13)14)2(10,11)4(15,16)5(17,18)6(19,20)7(21,22)8(23,24)28(25,26)27;9-7-5-3-1-2-4-6-8-13(10,11)12;1-5-9(6-2,7-3)8-4/h2-17H2,1H3;1H,(H,25,26,27);1-8H2,(H,10,11,12);5-8H2,1-4H3/q;;;+1/p-1. The Hall–Kier alpha value is -1.45. The van der Waals surface area contributed by atoms with E-state index in [0.717, 1.165) is 32.2 Å². The third-order valence-electron chi connectivity index (χ3n) is 10.9. The number of hydrogen-bond donors (Lipinski definition) is 2. The van der Waals surface area contributed by atoms with Gasteiger partial charge in [-0.1, -0.05) is 116 Å². The summed E-state index contributed by atoms with van der Waals surface area (Å²) in [5, 5.41) is -7.85. The molecule has 0 aliphatic heterocycles. The van der Waals surface area contributed by atoms with E-state index in [-0.39, 0.29) is 12.4 Å². The molecule has 8 nitrogen and oxygen atoms in total. The van der Waals surface area contributed by atoms with Crippen LogP contribution in [0.15, 0.2) is 0 Å². The van der Waals surface area contributed by atoms with Gasteiger partial charge in [-0.15, -0.1) is 0 Å². The van der Waals surface area contributed by atoms with Crippen LogP contribution in [0.2, 0.25) is 0 Å². The van der Waals surface area contributed by atoms with Gasteiger partial charge in [0.05, 0.1) is 38.6 Å². The summed E-state index contributed by atoms with van der Waals surface area (Å²) in [6, 6.07) is 0. The molecule has 1 unspecified atom stereocenters. The highest BCUT2D eigenvalue weighted by Crippen LogP contribution is 2.62. The molecule has 0 fully saturated rings. The second kappa shape index (κ2) is 33.2. The molecule has 0 saturated carbocycles. The third kappa shape index (κ3) is 25.0. The van der Waals surface area contributed by atoms with Crippen molar-refractivity contribution in [3.63, 3.8) is 0 Å². The van der Waals surface area contributed by atoms with Crippen LogP contribution in [0.3, 0.4) is 0 Å². The minimum atomic E-state index is -8.66. The summed E-state index contributed by atoms with van der Waals surface area (Å²) < 4.78 is 273. The van der Waals surface area contributed by atoms with Crippen LogP contribution in [-0.2, 0) is 20.2 Å². The van der Waals surface area contributed by atoms with Gasteiger partial charge in [-0.25, -0.2) is 12.8 Å². The van der Waals surface area contributed by atoms with Crippen molar-refractivity contribution < 1.29 is 105 Å². The molecule has 0 amide bonds. The van der Waals surface area contributed by atoms with Crippen LogP contribution >= 0.6 is 0 Å². The fourth-order valence-corrected chi connectivity index (χ4v) is 7.09. The first-order chi connectivity index (χ1) is 30.4. The Kier molecular flexibility index (Phi) is 35.8. The van der Waals surface area contributed by atoms with E-state index < -0.39 is 67.5 Å². The van der Waals surface area contributed by atoms with Crippen LogP contribution in [0.25, 0.3) is 0 Å². The largest absolute Gasteiger partial charge is 0.743 e. The van der Waals surface area contributed by atoms with Crippen LogP contribution in [0.5, 0.6) is 0 Å². The molecule has 410 valence electrons. The highest BCUT2D eigenvalue weighted by molar-refractivity contribution is 7.86. The van der Waals surface area contributed by atoms with Crippen molar-refractivity contribution in [3.05, 3.63) is 0 Å². The maximum Gasteiger partial charge on any atom is 0.425 e. The number of nitrogens with two attached hydrogens (primary N) is 1. The van der Waals surface area contributed by atoms with Crippen LogP contribution in [-0.4, -0.2) is 123 Å². The minimum Gasteiger partial charge on any atom is -0.743 e. The quantitative estimate of drug-likeness (QED) is 0.0289. The first-order valence-corrected chi connectivity index (χ1v) is 25.4. The lowest BCUT2D eigenvalue weighted by Gasteiger charge is -2.42. The van der Waals surface area contributed by atoms with Crippen LogP contribution in [0.4, 0.5) is 74.6 Å². The second-order valence-corrected chi connectivity index (χ2v) is 18.9. The number of unbranched alkanes of at least 4 members (excludes halogenated alkanes) is 18. The average Bonchev–Trinajstić information content (AvgIpc) is 3.22. The fourth-order valence-electron chi connectivity index (χ4n) is 6.07. The molecular weight excluding hydrogens is 992 g/mol. The summed E-state index contributed by atoms with van der Waals surface area (Å²) in [7, 11) is -11.8. The Morgan fingerprint density at radius 1 is 0.493 bits per heavy atom. The fraction of sp³-hybridized carbons (Fsp3) is 1.00. The van der Waals surface area contributed by atoms with E-state index in [1.54, 1.807) is 0 Å². The Labute approximate surface area is 385 Å². The molecule has 0 aliphatic rings. The SMILES string of the molecule is CCCCCCCCCCCCCCCCN.CC[N+](CC)(CC)CC.O=S(=O)(O)CCCCCCCCF.O=S(=O)([O-])C(F)(F)C(F)(F)C(F)(F)C(F)(F)C(F)(F)C(F)(F)C(F)C(F)(F)F. The van der Waals surface area contributed by atoms with Gasteiger partial charge in [-0.2, -0.15) is 74.3 Å². The Bertz CT molecular complexity index is 1440. The molecule has 0 aliphatic carbocycles. The molecule has 67 heavy (non-hydrogen) atoms. The van der Waals surface area contributed by atoms with E-state index in [4.69, 9.17) is 10.3 Å². The summed E-state index contributed by atoms with van der Waals surface area (Å²) in [5.41, 5.74) is 5.47. The van der Waals surface area contributed by atoms with E-state index in [1.165, 1.54) is 121 Å². The highest BCUT2D eigenvalue weighted by Gasteiger charge is 2.92. The van der Waals surface area contributed by atoms with Gasteiger partial charge < -0.3 is 14.8 Å². The molecule has 27 heteroatoms. The van der Waals surface area contributed by atoms with Gasteiger partial charge in [0.2, 0.25) is 0 Å². The summed E-state index contributed by atoms with van der Waals surface area (Å²) in [6.45, 7) is 17.1. The zero-order valence-corrected chi connectivity index (χ0v) is 40.6. The van der Waals surface area contributed by atoms with Gasteiger partial charge in [0.15, 0.2) is 10.1 Å². The number of alkyl halides is 17. The third-order valence-corrected chi connectivity index (χ3v) is 12.6. The molecule has 0 radical (unpaired) electrons. The van der Waals surface area contributed by atoms with Gasteiger partial charge in [0.1, 0.15) is 0 Å². The molecule has 0 heterocycles. The van der Waals surface area contributed by atoms with Crippen molar-refractivity contribution in [2.75, 3.05) is 45.2 Å². The highest BCUT2D eigenvalue weighted by atomic mass is 32.2. The van der Waals surface area contributed by atoms with Crippen molar-refractivity contribution in [1.82, 2.24) is 0 Å². The Balaban J connectivity index is -0.000000432. The lowest BCUT2D eigenvalue weighted by molar-refractivity contribution is -0.921. The zero-order chi connectivity index (χ0) is 53.7. The predicted octanol–water partition coefficient (Wildman–Crippen LogP) is 13.7. The van der Waals surface area contributed by atoms with Crippen LogP contribution < -0.4 is 5.73 Å².